The Labute approximate surface area is 126 Å². The van der Waals surface area contributed by atoms with Crippen molar-refractivity contribution in [2.45, 2.75) is 19.4 Å². The van der Waals surface area contributed by atoms with E-state index >= 15 is 0 Å². The SMILES string of the molecule is CC1C(C(=O)O)CCN1C(=O)c1ccc2[nH]c(=O)n(C)c2c1. The number of nitrogens with zero attached hydrogens (tertiary/aromatic N) is 2. The van der Waals surface area contributed by atoms with Crippen molar-refractivity contribution < 1.29 is 14.7 Å². The first-order valence-electron chi connectivity index (χ1n) is 7.12. The summed E-state index contributed by atoms with van der Waals surface area (Å²) in [4.78, 5) is 39.7. The molecule has 22 heavy (non-hydrogen) atoms. The Kier molecular flexibility index (Phi) is 3.27. The number of imidazole rings is 1. The first kappa shape index (κ1) is 14.4. The molecule has 0 spiro atoms. The number of hydrogen-bond acceptors (Lipinski definition) is 3. The third-order valence-electron chi connectivity index (χ3n) is 4.49. The summed E-state index contributed by atoms with van der Waals surface area (Å²) in [5, 5.41) is 9.15. The molecule has 2 aromatic rings. The number of carboxylic acid groups (broad SMARTS) is 1. The van der Waals surface area contributed by atoms with Gasteiger partial charge >= 0.3 is 11.7 Å². The zero-order valence-electron chi connectivity index (χ0n) is 12.4. The maximum atomic E-state index is 12.6. The number of aliphatic carboxylic acids is 1. The van der Waals surface area contributed by atoms with E-state index in [-0.39, 0.29) is 17.6 Å². The first-order chi connectivity index (χ1) is 10.4. The maximum Gasteiger partial charge on any atom is 0.326 e. The Morgan fingerprint density at radius 1 is 1.36 bits per heavy atom. The van der Waals surface area contributed by atoms with E-state index < -0.39 is 11.9 Å². The molecule has 1 aromatic carbocycles. The zero-order chi connectivity index (χ0) is 16.0. The van der Waals surface area contributed by atoms with Gasteiger partial charge in [0.15, 0.2) is 0 Å². The van der Waals surface area contributed by atoms with Gasteiger partial charge in [-0.3, -0.25) is 14.2 Å². The molecule has 0 bridgehead atoms. The highest BCUT2D eigenvalue weighted by atomic mass is 16.4. The summed E-state index contributed by atoms with van der Waals surface area (Å²) in [5.41, 5.74) is 1.54. The molecule has 3 rings (SSSR count). The number of fused-ring (bicyclic) bond motifs is 1. The largest absolute Gasteiger partial charge is 0.481 e. The van der Waals surface area contributed by atoms with Crippen molar-refractivity contribution in [1.29, 1.82) is 0 Å². The number of carbonyl (C=O) groups is 2. The van der Waals surface area contributed by atoms with Crippen LogP contribution in [0.3, 0.4) is 0 Å². The van der Waals surface area contributed by atoms with Crippen molar-refractivity contribution in [3.63, 3.8) is 0 Å². The van der Waals surface area contributed by atoms with Gasteiger partial charge in [-0.05, 0) is 31.5 Å². The van der Waals surface area contributed by atoms with Crippen molar-refractivity contribution in [3.8, 4) is 0 Å². The number of hydrogen-bond donors (Lipinski definition) is 2. The molecule has 0 aliphatic carbocycles. The number of benzene rings is 1. The number of carboxylic acids is 1. The van der Waals surface area contributed by atoms with Gasteiger partial charge in [-0.25, -0.2) is 4.79 Å². The summed E-state index contributed by atoms with van der Waals surface area (Å²) in [6.07, 6.45) is 0.465. The summed E-state index contributed by atoms with van der Waals surface area (Å²) < 4.78 is 1.44. The highest BCUT2D eigenvalue weighted by Gasteiger charge is 2.38. The van der Waals surface area contributed by atoms with Crippen LogP contribution in [0.4, 0.5) is 0 Å². The molecule has 2 N–H and O–H groups in total. The molecule has 1 aliphatic heterocycles. The lowest BCUT2D eigenvalue weighted by molar-refractivity contribution is -0.142. The van der Waals surface area contributed by atoms with Gasteiger partial charge in [0, 0.05) is 25.2 Å². The molecule has 1 saturated heterocycles. The van der Waals surface area contributed by atoms with E-state index in [4.69, 9.17) is 5.11 Å². The first-order valence-corrected chi connectivity index (χ1v) is 7.12. The highest BCUT2D eigenvalue weighted by Crippen LogP contribution is 2.26. The van der Waals surface area contributed by atoms with E-state index in [0.717, 1.165) is 0 Å². The molecule has 1 aromatic heterocycles. The fourth-order valence-electron chi connectivity index (χ4n) is 3.08. The molecule has 1 aliphatic rings. The number of aryl methyl sites for hydroxylation is 1. The van der Waals surface area contributed by atoms with Crippen LogP contribution < -0.4 is 5.69 Å². The van der Waals surface area contributed by atoms with Crippen LogP contribution in [-0.2, 0) is 11.8 Å². The second-order valence-electron chi connectivity index (χ2n) is 5.69. The Morgan fingerprint density at radius 3 is 2.73 bits per heavy atom. The van der Waals surface area contributed by atoms with Gasteiger partial charge in [0.2, 0.25) is 0 Å². The predicted molar refractivity (Wildman–Crippen MR) is 79.8 cm³/mol. The second-order valence-corrected chi connectivity index (χ2v) is 5.69. The average molecular weight is 303 g/mol. The van der Waals surface area contributed by atoms with Crippen molar-refractivity contribution >= 4 is 22.9 Å². The van der Waals surface area contributed by atoms with Gasteiger partial charge in [-0.2, -0.15) is 0 Å². The molecule has 1 fully saturated rings. The summed E-state index contributed by atoms with van der Waals surface area (Å²) >= 11 is 0. The summed E-state index contributed by atoms with van der Waals surface area (Å²) in [7, 11) is 1.63. The van der Waals surface area contributed by atoms with Gasteiger partial charge in [0.05, 0.1) is 17.0 Å². The molecule has 7 nitrogen and oxygen atoms in total. The van der Waals surface area contributed by atoms with Crippen molar-refractivity contribution in [3.05, 3.63) is 34.2 Å². The van der Waals surface area contributed by atoms with E-state index in [9.17, 15) is 14.4 Å². The summed E-state index contributed by atoms with van der Waals surface area (Å²) in [6, 6.07) is 4.67. The summed E-state index contributed by atoms with van der Waals surface area (Å²) in [5.74, 6) is -1.60. The minimum atomic E-state index is -0.869. The van der Waals surface area contributed by atoms with E-state index in [1.807, 2.05) is 0 Å². The number of aromatic nitrogens is 2. The lowest BCUT2D eigenvalue weighted by Gasteiger charge is -2.23. The molecule has 0 saturated carbocycles. The lowest BCUT2D eigenvalue weighted by Crippen LogP contribution is -2.37. The van der Waals surface area contributed by atoms with E-state index in [2.05, 4.69) is 4.98 Å². The Morgan fingerprint density at radius 2 is 2.09 bits per heavy atom. The molecule has 0 radical (unpaired) electrons. The van der Waals surface area contributed by atoms with Crippen LogP contribution in [-0.4, -0.2) is 44.0 Å². The number of carbonyl (C=O) groups excluding carboxylic acids is 1. The number of likely N-dealkylation sites (tertiary alicyclic amines) is 1. The van der Waals surface area contributed by atoms with Crippen LogP contribution in [0.15, 0.2) is 23.0 Å². The average Bonchev–Trinajstić information content (AvgIpc) is 2.99. The number of H-pyrrole nitrogens is 1. The standard InChI is InChI=1S/C15H17N3O4/c1-8-10(14(20)21)5-6-18(8)13(19)9-3-4-11-12(7-9)17(2)15(22)16-11/h3-4,7-8,10H,5-6H2,1-2H3,(H,16,22)(H,20,21). The second kappa shape index (κ2) is 5.01. The lowest BCUT2D eigenvalue weighted by atomic mass is 10.0. The molecule has 116 valence electrons. The van der Waals surface area contributed by atoms with E-state index in [1.54, 1.807) is 37.1 Å². The number of aromatic amines is 1. The molecule has 7 heteroatoms. The third kappa shape index (κ3) is 2.09. The van der Waals surface area contributed by atoms with Crippen LogP contribution in [0.1, 0.15) is 23.7 Å². The van der Waals surface area contributed by atoms with Crippen LogP contribution in [0.25, 0.3) is 11.0 Å². The number of nitrogens with one attached hydrogen (secondary N) is 1. The minimum Gasteiger partial charge on any atom is -0.481 e. The zero-order valence-corrected chi connectivity index (χ0v) is 12.4. The Hall–Kier alpha value is -2.57. The summed E-state index contributed by atoms with van der Waals surface area (Å²) in [6.45, 7) is 2.19. The Bertz CT molecular complexity index is 820. The minimum absolute atomic E-state index is 0.202. The van der Waals surface area contributed by atoms with Crippen LogP contribution in [0.5, 0.6) is 0 Å². The molecule has 2 atom stereocenters. The van der Waals surface area contributed by atoms with Crippen molar-refractivity contribution in [1.82, 2.24) is 14.5 Å². The maximum absolute atomic E-state index is 12.6. The number of rotatable bonds is 2. The molecular weight excluding hydrogens is 286 g/mol. The van der Waals surface area contributed by atoms with Crippen LogP contribution in [0, 0.1) is 5.92 Å². The van der Waals surface area contributed by atoms with Gasteiger partial charge in [-0.1, -0.05) is 0 Å². The van der Waals surface area contributed by atoms with Gasteiger partial charge in [0.25, 0.3) is 5.91 Å². The predicted octanol–water partition coefficient (Wildman–Crippen LogP) is 0.802. The van der Waals surface area contributed by atoms with E-state index in [1.165, 1.54) is 4.57 Å². The molecule has 2 heterocycles. The normalized spacial score (nSPS) is 21.5. The smallest absolute Gasteiger partial charge is 0.326 e. The Balaban J connectivity index is 1.94. The fraction of sp³-hybridized carbons (Fsp3) is 0.400. The van der Waals surface area contributed by atoms with Gasteiger partial charge in [0.1, 0.15) is 0 Å². The monoisotopic (exact) mass is 303 g/mol. The molecular formula is C15H17N3O4. The van der Waals surface area contributed by atoms with Gasteiger partial charge < -0.3 is 15.0 Å². The van der Waals surface area contributed by atoms with Gasteiger partial charge in [-0.15, -0.1) is 0 Å². The number of amides is 1. The third-order valence-corrected chi connectivity index (χ3v) is 4.49. The fourth-order valence-corrected chi connectivity index (χ4v) is 3.08. The van der Waals surface area contributed by atoms with Crippen molar-refractivity contribution in [2.75, 3.05) is 6.54 Å². The van der Waals surface area contributed by atoms with E-state index in [0.29, 0.717) is 29.6 Å². The highest BCUT2D eigenvalue weighted by molar-refractivity contribution is 5.98. The molecule has 1 amide bonds. The van der Waals surface area contributed by atoms with Crippen LogP contribution in [0.2, 0.25) is 0 Å². The quantitative estimate of drug-likeness (QED) is 0.858. The molecule has 2 unspecified atom stereocenters. The van der Waals surface area contributed by atoms with Crippen molar-refractivity contribution in [2.24, 2.45) is 13.0 Å². The van der Waals surface area contributed by atoms with Crippen LogP contribution >= 0.6 is 0 Å². The topological polar surface area (TPSA) is 95.4 Å².